The number of rotatable bonds is 7. The lowest BCUT2D eigenvalue weighted by Crippen LogP contribution is -2.30. The summed E-state index contributed by atoms with van der Waals surface area (Å²) < 4.78 is 11.1. The summed E-state index contributed by atoms with van der Waals surface area (Å²) >= 11 is 0. The number of hydrogen-bond donors (Lipinski definition) is 0. The Bertz CT molecular complexity index is 853. The molecule has 1 amide bonds. The van der Waals surface area contributed by atoms with Crippen molar-refractivity contribution in [3.8, 4) is 6.07 Å². The van der Waals surface area contributed by atoms with Crippen molar-refractivity contribution in [2.45, 2.75) is 38.1 Å². The van der Waals surface area contributed by atoms with Gasteiger partial charge in [-0.3, -0.25) is 4.79 Å². The predicted molar refractivity (Wildman–Crippen MR) is 95.7 cm³/mol. The van der Waals surface area contributed by atoms with Crippen LogP contribution in [0.3, 0.4) is 0 Å². The summed E-state index contributed by atoms with van der Waals surface area (Å²) in [5.74, 6) is 1.73. The third kappa shape index (κ3) is 4.17. The highest BCUT2D eigenvalue weighted by molar-refractivity contribution is 5.95. The predicted octanol–water partition coefficient (Wildman–Crippen LogP) is 2.89. The van der Waals surface area contributed by atoms with E-state index in [0.717, 1.165) is 25.4 Å². The van der Waals surface area contributed by atoms with Gasteiger partial charge in [0.25, 0.3) is 5.91 Å². The highest BCUT2D eigenvalue weighted by atomic mass is 16.5. The molecule has 2 aromatic rings. The zero-order chi connectivity index (χ0) is 18.6. The first kappa shape index (κ1) is 17.7. The van der Waals surface area contributed by atoms with Crippen LogP contribution in [-0.4, -0.2) is 40.7 Å². The third-order valence-corrected chi connectivity index (χ3v) is 5.04. The topological polar surface area (TPSA) is 92.2 Å². The molecular formula is C20H22N4O3. The van der Waals surface area contributed by atoms with Gasteiger partial charge in [-0.15, -0.1) is 0 Å². The molecular weight excluding hydrogens is 344 g/mol. The number of benzene rings is 1. The van der Waals surface area contributed by atoms with Crippen LogP contribution in [0.1, 0.15) is 59.4 Å². The molecule has 0 spiro atoms. The van der Waals surface area contributed by atoms with Crippen molar-refractivity contribution in [3.63, 3.8) is 0 Å². The van der Waals surface area contributed by atoms with Gasteiger partial charge in [-0.1, -0.05) is 11.2 Å². The van der Waals surface area contributed by atoms with E-state index in [2.05, 4.69) is 16.2 Å². The second-order valence-electron chi connectivity index (χ2n) is 7.17. The molecule has 1 aromatic heterocycles. The molecule has 1 saturated heterocycles. The molecule has 1 atom stereocenters. The van der Waals surface area contributed by atoms with E-state index in [9.17, 15) is 4.79 Å². The lowest BCUT2D eigenvalue weighted by Gasteiger charge is -2.22. The molecule has 0 radical (unpaired) electrons. The van der Waals surface area contributed by atoms with Crippen LogP contribution in [0, 0.1) is 17.2 Å². The van der Waals surface area contributed by atoms with E-state index in [1.165, 1.54) is 12.8 Å². The molecule has 7 heteroatoms. The van der Waals surface area contributed by atoms with E-state index in [0.29, 0.717) is 42.4 Å². The average Bonchev–Trinajstić information content (AvgIpc) is 3.19. The molecule has 1 aliphatic heterocycles. The molecule has 1 saturated carbocycles. The summed E-state index contributed by atoms with van der Waals surface area (Å²) in [6.07, 6.45) is 4.84. The van der Waals surface area contributed by atoms with Gasteiger partial charge in [0.05, 0.1) is 18.2 Å². The molecule has 2 heterocycles. The largest absolute Gasteiger partial charge is 0.381 e. The van der Waals surface area contributed by atoms with Crippen molar-refractivity contribution in [2.24, 2.45) is 5.92 Å². The quantitative estimate of drug-likeness (QED) is 0.700. The maximum absolute atomic E-state index is 12.9. The number of hydrogen-bond acceptors (Lipinski definition) is 6. The van der Waals surface area contributed by atoms with Crippen LogP contribution in [0.15, 0.2) is 28.8 Å². The normalized spacial score (nSPS) is 19.2. The van der Waals surface area contributed by atoms with E-state index in [4.69, 9.17) is 14.5 Å². The van der Waals surface area contributed by atoms with Crippen molar-refractivity contribution < 1.29 is 14.1 Å². The minimum Gasteiger partial charge on any atom is -0.381 e. The fraction of sp³-hybridized carbons (Fsp3) is 0.500. The Morgan fingerprint density at radius 2 is 2.26 bits per heavy atom. The summed E-state index contributed by atoms with van der Waals surface area (Å²) in [5.41, 5.74) is 0.983. The smallest absolute Gasteiger partial charge is 0.254 e. The summed E-state index contributed by atoms with van der Waals surface area (Å²) in [6, 6.07) is 8.62. The fourth-order valence-electron chi connectivity index (χ4n) is 3.36. The summed E-state index contributed by atoms with van der Waals surface area (Å²) in [4.78, 5) is 19.1. The molecule has 0 bridgehead atoms. The van der Waals surface area contributed by atoms with Gasteiger partial charge in [-0.25, -0.2) is 0 Å². The highest BCUT2D eigenvalue weighted by Gasteiger charge is 2.34. The Balaban J connectivity index is 1.40. The maximum Gasteiger partial charge on any atom is 0.254 e. The van der Waals surface area contributed by atoms with Crippen LogP contribution in [0.2, 0.25) is 0 Å². The van der Waals surface area contributed by atoms with Gasteiger partial charge in [0, 0.05) is 25.1 Å². The van der Waals surface area contributed by atoms with Gasteiger partial charge >= 0.3 is 0 Å². The number of amides is 1. The Hall–Kier alpha value is -2.72. The summed E-state index contributed by atoms with van der Waals surface area (Å²) in [7, 11) is 0. The van der Waals surface area contributed by atoms with Gasteiger partial charge in [0.1, 0.15) is 6.04 Å². The van der Waals surface area contributed by atoms with Crippen molar-refractivity contribution in [1.82, 2.24) is 15.0 Å². The Labute approximate surface area is 157 Å². The van der Waals surface area contributed by atoms with E-state index in [1.54, 1.807) is 29.2 Å². The number of nitriles is 1. The Morgan fingerprint density at radius 3 is 3.07 bits per heavy atom. The number of likely N-dealkylation sites (tertiary alicyclic amines) is 1. The number of nitrogens with zero attached hydrogens (tertiary/aromatic N) is 4. The van der Waals surface area contributed by atoms with Gasteiger partial charge in [0.15, 0.2) is 5.82 Å². The molecule has 1 aromatic carbocycles. The monoisotopic (exact) mass is 366 g/mol. The van der Waals surface area contributed by atoms with Gasteiger partial charge in [-0.2, -0.15) is 10.2 Å². The third-order valence-electron chi connectivity index (χ3n) is 5.04. The maximum atomic E-state index is 12.9. The Kier molecular flexibility index (Phi) is 5.16. The van der Waals surface area contributed by atoms with Gasteiger partial charge in [0.2, 0.25) is 5.89 Å². The number of carbonyl (C=O) groups excluding carboxylic acids is 1. The number of aromatic nitrogens is 2. The lowest BCUT2D eigenvalue weighted by molar-refractivity contribution is 0.0710. The minimum absolute atomic E-state index is 0.109. The lowest BCUT2D eigenvalue weighted by atomic mass is 10.1. The second kappa shape index (κ2) is 7.89. The van der Waals surface area contributed by atoms with Crippen molar-refractivity contribution >= 4 is 5.91 Å². The average molecular weight is 366 g/mol. The first-order valence-electron chi connectivity index (χ1n) is 9.46. The van der Waals surface area contributed by atoms with E-state index in [1.807, 2.05) is 0 Å². The minimum atomic E-state index is -0.211. The standard InChI is InChI=1S/C20H22N4O3/c21-12-15-3-1-4-16(11-15)20(25)24-9-2-5-17(24)19-22-18(23-27-19)8-10-26-13-14-6-7-14/h1,3-4,11,14,17H,2,5-10,13H2. The zero-order valence-corrected chi connectivity index (χ0v) is 15.1. The number of carbonyl (C=O) groups is 1. The van der Waals surface area contributed by atoms with Gasteiger partial charge in [-0.05, 0) is 49.8 Å². The molecule has 7 nitrogen and oxygen atoms in total. The van der Waals surface area contributed by atoms with Crippen LogP contribution >= 0.6 is 0 Å². The molecule has 2 aliphatic rings. The first-order valence-corrected chi connectivity index (χ1v) is 9.46. The van der Waals surface area contributed by atoms with E-state index < -0.39 is 0 Å². The summed E-state index contributed by atoms with van der Waals surface area (Å²) in [6.45, 7) is 2.05. The second-order valence-corrected chi connectivity index (χ2v) is 7.17. The molecule has 4 rings (SSSR count). The first-order chi connectivity index (χ1) is 13.2. The number of ether oxygens (including phenoxy) is 1. The molecule has 1 aliphatic carbocycles. The van der Waals surface area contributed by atoms with Gasteiger partial charge < -0.3 is 14.2 Å². The summed E-state index contributed by atoms with van der Waals surface area (Å²) in [5, 5.41) is 13.1. The van der Waals surface area contributed by atoms with Crippen molar-refractivity contribution in [3.05, 3.63) is 47.1 Å². The molecule has 27 heavy (non-hydrogen) atoms. The molecule has 140 valence electrons. The molecule has 2 fully saturated rings. The van der Waals surface area contributed by atoms with Crippen LogP contribution < -0.4 is 0 Å². The molecule has 0 N–H and O–H groups in total. The van der Waals surface area contributed by atoms with Crippen LogP contribution in [0.4, 0.5) is 0 Å². The van der Waals surface area contributed by atoms with E-state index >= 15 is 0 Å². The van der Waals surface area contributed by atoms with Crippen molar-refractivity contribution in [1.29, 1.82) is 5.26 Å². The fourth-order valence-corrected chi connectivity index (χ4v) is 3.36. The molecule has 1 unspecified atom stereocenters. The SMILES string of the molecule is N#Cc1cccc(C(=O)N2CCCC2c2nc(CCOCC3CC3)no2)c1. The Morgan fingerprint density at radius 1 is 1.37 bits per heavy atom. The van der Waals surface area contributed by atoms with Crippen LogP contribution in [0.25, 0.3) is 0 Å². The van der Waals surface area contributed by atoms with E-state index in [-0.39, 0.29) is 11.9 Å². The van der Waals surface area contributed by atoms with Crippen molar-refractivity contribution in [2.75, 3.05) is 19.8 Å². The van der Waals surface area contributed by atoms with Crippen LogP contribution in [0.5, 0.6) is 0 Å². The van der Waals surface area contributed by atoms with Crippen LogP contribution in [-0.2, 0) is 11.2 Å². The zero-order valence-electron chi connectivity index (χ0n) is 15.1. The highest BCUT2D eigenvalue weighted by Crippen LogP contribution is 2.32.